The summed E-state index contributed by atoms with van der Waals surface area (Å²) in [7, 11) is 0. The molecule has 0 fully saturated rings. The Balaban J connectivity index is 1.29. The van der Waals surface area contributed by atoms with E-state index in [1.54, 1.807) is 25.1 Å². The highest BCUT2D eigenvalue weighted by Gasteiger charge is 2.35. The van der Waals surface area contributed by atoms with Crippen LogP contribution in [0, 0.1) is 27.6 Å². The molecular formula is C45H36OS2. The van der Waals surface area contributed by atoms with Gasteiger partial charge in [-0.15, -0.1) is 22.7 Å². The van der Waals surface area contributed by atoms with Crippen LogP contribution in [0.15, 0.2) is 109 Å². The van der Waals surface area contributed by atoms with Gasteiger partial charge in [-0.05, 0) is 84.3 Å². The molecular weight excluding hydrogens is 621 g/mol. The first-order valence-corrected chi connectivity index (χ1v) is 17.8. The molecule has 1 unspecified atom stereocenters. The molecule has 3 heteroatoms. The van der Waals surface area contributed by atoms with Crippen molar-refractivity contribution in [2.75, 3.05) is 0 Å². The minimum absolute atomic E-state index is 0.216. The zero-order valence-corrected chi connectivity index (χ0v) is 28.8. The Kier molecular flexibility index (Phi) is 5.24. The van der Waals surface area contributed by atoms with E-state index in [0.717, 1.165) is 33.4 Å². The second-order valence-corrected chi connectivity index (χ2v) is 15.4. The van der Waals surface area contributed by atoms with Gasteiger partial charge in [0.1, 0.15) is 11.5 Å². The third kappa shape index (κ3) is 4.14. The molecule has 48 heavy (non-hydrogen) atoms. The SMILES string of the molecule is [2H]C([2H])([2H])c1c(-c2ccc(C)c(-c3cccc4c3sc3sc5ccccc5c34)c2C)ccc(C)c1-c1cccc2c1Oc1ccccc1C2(C)C([2H])([2H])[2H]. The summed E-state index contributed by atoms with van der Waals surface area (Å²) in [6, 6.07) is 35.8. The van der Waals surface area contributed by atoms with Crippen molar-refractivity contribution < 1.29 is 13.0 Å². The van der Waals surface area contributed by atoms with Gasteiger partial charge >= 0.3 is 0 Å². The van der Waals surface area contributed by atoms with Crippen molar-refractivity contribution >= 4 is 52.2 Å². The molecule has 0 spiro atoms. The number of hydrogen-bond donors (Lipinski definition) is 0. The summed E-state index contributed by atoms with van der Waals surface area (Å²) in [6.07, 6.45) is 0. The molecule has 0 aliphatic carbocycles. The van der Waals surface area contributed by atoms with E-state index in [1.165, 1.54) is 29.6 Å². The van der Waals surface area contributed by atoms with Crippen molar-refractivity contribution in [1.82, 2.24) is 0 Å². The second-order valence-electron chi connectivity index (χ2n) is 13.1. The fourth-order valence-corrected chi connectivity index (χ4v) is 10.5. The number of fused-ring (bicyclic) bond motifs is 7. The Morgan fingerprint density at radius 3 is 2.08 bits per heavy atom. The molecule has 0 radical (unpaired) electrons. The number of rotatable bonds is 3. The number of ether oxygens (including phenoxy) is 1. The smallest absolute Gasteiger partial charge is 0.139 e. The minimum atomic E-state index is -2.52. The molecule has 3 heterocycles. The van der Waals surface area contributed by atoms with Crippen LogP contribution in [0.1, 0.15) is 55.4 Å². The fourth-order valence-electron chi connectivity index (χ4n) is 7.78. The van der Waals surface area contributed by atoms with E-state index >= 15 is 0 Å². The van der Waals surface area contributed by atoms with E-state index in [9.17, 15) is 0 Å². The van der Waals surface area contributed by atoms with Crippen molar-refractivity contribution in [3.05, 3.63) is 143 Å². The largest absolute Gasteiger partial charge is 0.456 e. The first-order chi connectivity index (χ1) is 25.7. The summed E-state index contributed by atoms with van der Waals surface area (Å²) in [5.41, 5.74) is 7.57. The van der Waals surface area contributed by atoms with Crippen molar-refractivity contribution in [1.29, 1.82) is 0 Å². The molecule has 0 bridgehead atoms. The molecule has 1 aliphatic heterocycles. The van der Waals surface area contributed by atoms with Gasteiger partial charge in [-0.25, -0.2) is 0 Å². The molecule has 234 valence electrons. The summed E-state index contributed by atoms with van der Waals surface area (Å²) in [5, 5.41) is 3.80. The summed E-state index contributed by atoms with van der Waals surface area (Å²) >= 11 is 3.65. The third-order valence-corrected chi connectivity index (χ3v) is 12.6. The number of hydrogen-bond acceptors (Lipinski definition) is 3. The molecule has 0 saturated heterocycles. The Morgan fingerprint density at radius 2 is 1.27 bits per heavy atom. The van der Waals surface area contributed by atoms with E-state index in [1.807, 2.05) is 72.1 Å². The number of aryl methyl sites for hydroxylation is 2. The van der Waals surface area contributed by atoms with Crippen LogP contribution in [-0.4, -0.2) is 0 Å². The Labute approximate surface area is 298 Å². The molecule has 0 N–H and O–H groups in total. The Morgan fingerprint density at radius 1 is 0.604 bits per heavy atom. The second kappa shape index (κ2) is 10.7. The van der Waals surface area contributed by atoms with E-state index in [2.05, 4.69) is 62.4 Å². The normalized spacial score (nSPS) is 17.9. The Hall–Kier alpha value is -4.70. The van der Waals surface area contributed by atoms with Gasteiger partial charge in [0.2, 0.25) is 0 Å². The molecule has 0 saturated carbocycles. The average molecular weight is 663 g/mol. The standard InChI is InChI=1S/C45H36OS2/c1-25-21-23-29(27(3)39(25)32-14-12-18-36-42(32)46-37-19-9-8-17-35(37)45(36,5)6)30-24-22-26(2)40(28(30)4)33-15-11-16-34-41-31-13-7-10-20-38(31)47-44(41)48-43(33)34/h7-24H,1-6H3/i3D3,5D3. The van der Waals surface area contributed by atoms with Crippen LogP contribution >= 0.6 is 22.7 Å². The highest BCUT2D eigenvalue weighted by Crippen LogP contribution is 2.53. The van der Waals surface area contributed by atoms with E-state index < -0.39 is 19.1 Å². The molecule has 6 aromatic carbocycles. The molecule has 0 amide bonds. The first-order valence-electron chi connectivity index (χ1n) is 19.2. The zero-order valence-electron chi connectivity index (χ0n) is 33.1. The van der Waals surface area contributed by atoms with Gasteiger partial charge in [-0.2, -0.15) is 0 Å². The average Bonchev–Trinajstić information content (AvgIpc) is 3.68. The van der Waals surface area contributed by atoms with Crippen LogP contribution in [0.4, 0.5) is 0 Å². The monoisotopic (exact) mass is 662 g/mol. The van der Waals surface area contributed by atoms with Crippen molar-refractivity contribution in [3.8, 4) is 44.9 Å². The lowest BCUT2D eigenvalue weighted by atomic mass is 9.74. The van der Waals surface area contributed by atoms with Gasteiger partial charge in [0, 0.05) is 61.5 Å². The molecule has 1 atom stereocenters. The minimum Gasteiger partial charge on any atom is -0.456 e. The van der Waals surface area contributed by atoms with Crippen LogP contribution in [0.2, 0.25) is 0 Å². The zero-order chi connectivity index (χ0) is 37.9. The number of benzene rings is 6. The third-order valence-electron chi connectivity index (χ3n) is 10.1. The van der Waals surface area contributed by atoms with Crippen LogP contribution in [0.25, 0.3) is 63.0 Å². The maximum absolute atomic E-state index is 9.04. The highest BCUT2D eigenvalue weighted by atomic mass is 32.2. The summed E-state index contributed by atoms with van der Waals surface area (Å²) in [6.45, 7) is 2.93. The van der Waals surface area contributed by atoms with Gasteiger partial charge in [0.15, 0.2) is 0 Å². The highest BCUT2D eigenvalue weighted by molar-refractivity contribution is 7.44. The summed E-state index contributed by atoms with van der Waals surface area (Å²) < 4.78 is 63.7. The van der Waals surface area contributed by atoms with E-state index in [4.69, 9.17) is 13.0 Å². The fraction of sp³-hybridized carbons (Fsp3) is 0.156. The van der Waals surface area contributed by atoms with Crippen molar-refractivity contribution in [3.63, 3.8) is 0 Å². The maximum atomic E-state index is 9.04. The topological polar surface area (TPSA) is 9.23 Å². The van der Waals surface area contributed by atoms with Gasteiger partial charge in [-0.1, -0.05) is 111 Å². The van der Waals surface area contributed by atoms with Crippen molar-refractivity contribution in [2.45, 2.75) is 46.8 Å². The molecule has 8 aromatic rings. The Bertz CT molecular complexity index is 2840. The van der Waals surface area contributed by atoms with Crippen LogP contribution in [0.5, 0.6) is 11.5 Å². The van der Waals surface area contributed by atoms with E-state index in [-0.39, 0.29) is 5.56 Å². The lowest BCUT2D eigenvalue weighted by molar-refractivity contribution is 0.419. The van der Waals surface area contributed by atoms with Crippen LogP contribution in [0.3, 0.4) is 0 Å². The first kappa shape index (κ1) is 23.6. The van der Waals surface area contributed by atoms with Crippen molar-refractivity contribution in [2.24, 2.45) is 0 Å². The summed E-state index contributed by atoms with van der Waals surface area (Å²) in [5.74, 6) is 0.828. The summed E-state index contributed by atoms with van der Waals surface area (Å²) in [4.78, 5) is 0. The number of para-hydroxylation sites is 2. The van der Waals surface area contributed by atoms with Crippen LogP contribution < -0.4 is 4.74 Å². The predicted octanol–water partition coefficient (Wildman–Crippen LogP) is 13.9. The molecule has 2 aromatic heterocycles. The van der Waals surface area contributed by atoms with Gasteiger partial charge in [0.25, 0.3) is 0 Å². The van der Waals surface area contributed by atoms with Gasteiger partial charge < -0.3 is 4.74 Å². The predicted molar refractivity (Wildman–Crippen MR) is 209 cm³/mol. The lowest BCUT2D eigenvalue weighted by Gasteiger charge is -2.35. The molecule has 1 aliphatic rings. The number of thiophene rings is 2. The van der Waals surface area contributed by atoms with Crippen LogP contribution in [-0.2, 0) is 5.41 Å². The molecule has 1 nitrogen and oxygen atoms in total. The van der Waals surface area contributed by atoms with Gasteiger partial charge in [-0.3, -0.25) is 0 Å². The quantitative estimate of drug-likeness (QED) is 0.183. The van der Waals surface area contributed by atoms with E-state index in [0.29, 0.717) is 39.3 Å². The van der Waals surface area contributed by atoms with Gasteiger partial charge in [0.05, 0.1) is 4.01 Å². The maximum Gasteiger partial charge on any atom is 0.139 e. The molecule has 9 rings (SSSR count). The lowest BCUT2D eigenvalue weighted by Crippen LogP contribution is -2.24.